The molecular formula is C12H24N2O2. The summed E-state index contributed by atoms with van der Waals surface area (Å²) in [6.45, 7) is 7.85. The van der Waals surface area contributed by atoms with Gasteiger partial charge in [0.1, 0.15) is 6.29 Å². The topological polar surface area (TPSA) is 63.4 Å². The van der Waals surface area contributed by atoms with E-state index in [9.17, 15) is 9.59 Å². The largest absolute Gasteiger partial charge is 0.335 e. The van der Waals surface area contributed by atoms with E-state index in [4.69, 9.17) is 5.73 Å². The highest BCUT2D eigenvalue weighted by Gasteiger charge is 2.26. The van der Waals surface area contributed by atoms with Gasteiger partial charge in [0.2, 0.25) is 5.91 Å². The van der Waals surface area contributed by atoms with Gasteiger partial charge in [-0.05, 0) is 18.3 Å². The molecule has 1 unspecified atom stereocenters. The predicted octanol–water partition coefficient (Wildman–Crippen LogP) is 1.04. The second kappa shape index (κ2) is 6.63. The molecule has 16 heavy (non-hydrogen) atoms. The van der Waals surface area contributed by atoms with Gasteiger partial charge in [0.15, 0.2) is 0 Å². The Bertz CT molecular complexity index is 239. The number of carbonyl (C=O) groups is 2. The first-order valence-electron chi connectivity index (χ1n) is 5.78. The minimum Gasteiger partial charge on any atom is -0.335 e. The highest BCUT2D eigenvalue weighted by Crippen LogP contribution is 2.11. The third-order valence-corrected chi connectivity index (χ3v) is 2.72. The maximum atomic E-state index is 11.9. The molecule has 0 bridgehead atoms. The fourth-order valence-electron chi connectivity index (χ4n) is 1.47. The van der Waals surface area contributed by atoms with Gasteiger partial charge in [-0.15, -0.1) is 0 Å². The Morgan fingerprint density at radius 3 is 2.12 bits per heavy atom. The van der Waals surface area contributed by atoms with Crippen LogP contribution in [0.5, 0.6) is 0 Å². The van der Waals surface area contributed by atoms with Crippen LogP contribution in [0.25, 0.3) is 0 Å². The van der Waals surface area contributed by atoms with Crippen LogP contribution < -0.4 is 5.73 Å². The van der Waals surface area contributed by atoms with E-state index in [2.05, 4.69) is 0 Å². The van der Waals surface area contributed by atoms with Crippen LogP contribution in [0.1, 0.15) is 34.1 Å². The molecule has 0 heterocycles. The Hall–Kier alpha value is -0.900. The van der Waals surface area contributed by atoms with Gasteiger partial charge >= 0.3 is 0 Å². The first-order chi connectivity index (χ1) is 7.31. The van der Waals surface area contributed by atoms with Crippen molar-refractivity contribution in [3.05, 3.63) is 0 Å². The standard InChI is InChI=1S/C12H24N2O2/c1-8(2)6-10(7-15)14(5)12(16)11(13)9(3)4/h7-11H,6,13H2,1-5H3/t10-,11?/m0/s1. The number of nitrogens with two attached hydrogens (primary N) is 1. The summed E-state index contributed by atoms with van der Waals surface area (Å²) < 4.78 is 0. The summed E-state index contributed by atoms with van der Waals surface area (Å²) in [4.78, 5) is 24.3. The highest BCUT2D eigenvalue weighted by molar-refractivity contribution is 5.84. The lowest BCUT2D eigenvalue weighted by Gasteiger charge is -2.28. The zero-order valence-electron chi connectivity index (χ0n) is 10.9. The molecule has 4 nitrogen and oxygen atoms in total. The maximum Gasteiger partial charge on any atom is 0.240 e. The number of aldehydes is 1. The molecule has 1 amide bonds. The molecule has 0 spiro atoms. The van der Waals surface area contributed by atoms with Crippen molar-refractivity contribution >= 4 is 12.2 Å². The van der Waals surface area contributed by atoms with Crippen LogP contribution in [-0.4, -0.2) is 36.2 Å². The lowest BCUT2D eigenvalue weighted by molar-refractivity contribution is -0.137. The zero-order valence-corrected chi connectivity index (χ0v) is 10.9. The fraction of sp³-hybridized carbons (Fsp3) is 0.833. The molecule has 2 atom stereocenters. The van der Waals surface area contributed by atoms with E-state index in [0.717, 1.165) is 6.29 Å². The van der Waals surface area contributed by atoms with Crippen LogP contribution in [0.4, 0.5) is 0 Å². The van der Waals surface area contributed by atoms with E-state index in [1.807, 2.05) is 27.7 Å². The first-order valence-corrected chi connectivity index (χ1v) is 5.78. The maximum absolute atomic E-state index is 11.9. The fourth-order valence-corrected chi connectivity index (χ4v) is 1.47. The van der Waals surface area contributed by atoms with Gasteiger partial charge in [-0.1, -0.05) is 27.7 Å². The summed E-state index contributed by atoms with van der Waals surface area (Å²) in [7, 11) is 1.64. The van der Waals surface area contributed by atoms with E-state index in [1.165, 1.54) is 4.90 Å². The van der Waals surface area contributed by atoms with Crippen molar-refractivity contribution in [3.63, 3.8) is 0 Å². The molecule has 0 saturated heterocycles. The Morgan fingerprint density at radius 1 is 1.31 bits per heavy atom. The Morgan fingerprint density at radius 2 is 1.81 bits per heavy atom. The van der Waals surface area contributed by atoms with Crippen molar-refractivity contribution in [2.24, 2.45) is 17.6 Å². The summed E-state index contributed by atoms with van der Waals surface area (Å²) in [5.74, 6) is 0.301. The Balaban J connectivity index is 4.55. The molecule has 0 radical (unpaired) electrons. The lowest BCUT2D eigenvalue weighted by Crippen LogP contribution is -2.49. The molecule has 0 aromatic rings. The van der Waals surface area contributed by atoms with Crippen molar-refractivity contribution in [1.82, 2.24) is 4.90 Å². The summed E-state index contributed by atoms with van der Waals surface area (Å²) in [5, 5.41) is 0. The summed E-state index contributed by atoms with van der Waals surface area (Å²) in [6.07, 6.45) is 1.50. The SMILES string of the molecule is CC(C)C[C@@H](C=O)N(C)C(=O)C(N)C(C)C. The van der Waals surface area contributed by atoms with Crippen molar-refractivity contribution in [3.8, 4) is 0 Å². The molecule has 4 heteroatoms. The number of rotatable bonds is 6. The van der Waals surface area contributed by atoms with E-state index in [1.54, 1.807) is 7.05 Å². The average molecular weight is 228 g/mol. The van der Waals surface area contributed by atoms with Crippen LogP contribution in [0, 0.1) is 11.8 Å². The molecule has 0 rings (SSSR count). The molecule has 2 N–H and O–H groups in total. The van der Waals surface area contributed by atoms with E-state index in [-0.39, 0.29) is 17.9 Å². The van der Waals surface area contributed by atoms with Gasteiger partial charge in [0, 0.05) is 7.05 Å². The minimum absolute atomic E-state index is 0.0845. The third-order valence-electron chi connectivity index (χ3n) is 2.72. The molecule has 0 aliphatic carbocycles. The van der Waals surface area contributed by atoms with Crippen LogP contribution in [0.2, 0.25) is 0 Å². The predicted molar refractivity (Wildman–Crippen MR) is 64.9 cm³/mol. The van der Waals surface area contributed by atoms with Gasteiger partial charge in [-0.25, -0.2) is 0 Å². The number of hydrogen-bond donors (Lipinski definition) is 1. The van der Waals surface area contributed by atoms with Crippen LogP contribution >= 0.6 is 0 Å². The third kappa shape index (κ3) is 4.31. The number of amides is 1. The van der Waals surface area contributed by atoms with Gasteiger partial charge < -0.3 is 15.4 Å². The minimum atomic E-state index is -0.528. The molecule has 0 aliphatic heterocycles. The van der Waals surface area contributed by atoms with Gasteiger partial charge in [0.25, 0.3) is 0 Å². The lowest BCUT2D eigenvalue weighted by atomic mass is 10.0. The van der Waals surface area contributed by atoms with Crippen molar-refractivity contribution in [2.75, 3.05) is 7.05 Å². The van der Waals surface area contributed by atoms with E-state index < -0.39 is 6.04 Å². The normalized spacial score (nSPS) is 15.0. The molecule has 0 aromatic carbocycles. The Labute approximate surface area is 98.2 Å². The average Bonchev–Trinajstić information content (AvgIpc) is 2.22. The monoisotopic (exact) mass is 228 g/mol. The second-order valence-electron chi connectivity index (χ2n) is 5.05. The molecule has 0 saturated carbocycles. The number of nitrogens with zero attached hydrogens (tertiary/aromatic N) is 1. The van der Waals surface area contributed by atoms with Gasteiger partial charge in [-0.3, -0.25) is 4.79 Å². The van der Waals surface area contributed by atoms with E-state index in [0.29, 0.717) is 12.3 Å². The smallest absolute Gasteiger partial charge is 0.240 e. The first kappa shape index (κ1) is 15.1. The zero-order chi connectivity index (χ0) is 12.9. The van der Waals surface area contributed by atoms with Crippen LogP contribution in [0.3, 0.4) is 0 Å². The van der Waals surface area contributed by atoms with Crippen molar-refractivity contribution in [2.45, 2.75) is 46.2 Å². The molecule has 0 fully saturated rings. The summed E-state index contributed by atoms with van der Waals surface area (Å²) in [5.41, 5.74) is 5.78. The molecule has 94 valence electrons. The quantitative estimate of drug-likeness (QED) is 0.691. The second-order valence-corrected chi connectivity index (χ2v) is 5.05. The van der Waals surface area contributed by atoms with Crippen molar-refractivity contribution in [1.29, 1.82) is 0 Å². The van der Waals surface area contributed by atoms with Crippen LogP contribution in [0.15, 0.2) is 0 Å². The summed E-state index contributed by atoms with van der Waals surface area (Å²) in [6, 6.07) is -0.892. The summed E-state index contributed by atoms with van der Waals surface area (Å²) >= 11 is 0. The molecular weight excluding hydrogens is 204 g/mol. The molecule has 0 aromatic heterocycles. The van der Waals surface area contributed by atoms with E-state index >= 15 is 0 Å². The number of hydrogen-bond acceptors (Lipinski definition) is 3. The van der Waals surface area contributed by atoms with Gasteiger partial charge in [-0.2, -0.15) is 0 Å². The number of carbonyl (C=O) groups excluding carboxylic acids is 2. The highest BCUT2D eigenvalue weighted by atomic mass is 16.2. The number of likely N-dealkylation sites (N-methyl/N-ethyl adjacent to an activating group) is 1. The Kier molecular flexibility index (Phi) is 6.26. The van der Waals surface area contributed by atoms with Gasteiger partial charge in [0.05, 0.1) is 12.1 Å². The van der Waals surface area contributed by atoms with Crippen molar-refractivity contribution < 1.29 is 9.59 Å². The molecule has 0 aliphatic rings. The van der Waals surface area contributed by atoms with Crippen LogP contribution in [-0.2, 0) is 9.59 Å².